The molecule has 72 valence electrons. The second-order valence-corrected chi connectivity index (χ2v) is 4.23. The molecule has 0 aliphatic carbocycles. The van der Waals surface area contributed by atoms with Crippen molar-refractivity contribution < 1.29 is 0 Å². The highest BCUT2D eigenvalue weighted by atomic mass is 127. The van der Waals surface area contributed by atoms with Crippen molar-refractivity contribution in [1.29, 1.82) is 0 Å². The Hall–Kier alpha value is -0.910. The van der Waals surface area contributed by atoms with Crippen molar-refractivity contribution >= 4 is 22.6 Å². The van der Waals surface area contributed by atoms with Gasteiger partial charge in [-0.3, -0.25) is 0 Å². The number of nitrogens with zero attached hydrogens (tertiary/aromatic N) is 3. The van der Waals surface area contributed by atoms with Crippen LogP contribution in [-0.4, -0.2) is 14.8 Å². The van der Waals surface area contributed by atoms with Crippen molar-refractivity contribution in [2.45, 2.75) is 13.3 Å². The second kappa shape index (κ2) is 4.08. The normalized spacial score (nSPS) is 10.4. The van der Waals surface area contributed by atoms with Gasteiger partial charge >= 0.3 is 0 Å². The van der Waals surface area contributed by atoms with Crippen molar-refractivity contribution in [2.75, 3.05) is 0 Å². The Labute approximate surface area is 96.3 Å². The molecule has 0 unspecified atom stereocenters. The highest BCUT2D eigenvalue weighted by Gasteiger charge is 1.99. The summed E-state index contributed by atoms with van der Waals surface area (Å²) in [4.78, 5) is 4.33. The Morgan fingerprint density at radius 1 is 1.36 bits per heavy atom. The lowest BCUT2D eigenvalue weighted by molar-refractivity contribution is 0.843. The Bertz CT molecular complexity index is 419. The first-order valence-corrected chi connectivity index (χ1v) is 5.53. The predicted octanol–water partition coefficient (Wildman–Crippen LogP) is 2.43. The third-order valence-electron chi connectivity index (χ3n) is 2.00. The van der Waals surface area contributed by atoms with Crippen LogP contribution in [-0.2, 0) is 6.42 Å². The summed E-state index contributed by atoms with van der Waals surface area (Å²) >= 11 is 2.23. The van der Waals surface area contributed by atoms with E-state index in [0.717, 1.165) is 15.8 Å². The van der Waals surface area contributed by atoms with Crippen molar-refractivity contribution in [3.8, 4) is 5.82 Å². The zero-order chi connectivity index (χ0) is 9.97. The molecule has 2 aromatic heterocycles. The predicted molar refractivity (Wildman–Crippen MR) is 63.5 cm³/mol. The van der Waals surface area contributed by atoms with Crippen LogP contribution in [0.4, 0.5) is 0 Å². The lowest BCUT2D eigenvalue weighted by Gasteiger charge is -2.00. The van der Waals surface area contributed by atoms with Crippen LogP contribution in [0.25, 0.3) is 5.82 Å². The number of hydrogen-bond donors (Lipinski definition) is 0. The molecule has 0 saturated heterocycles. The van der Waals surface area contributed by atoms with Crippen LogP contribution >= 0.6 is 22.6 Å². The van der Waals surface area contributed by atoms with E-state index in [1.807, 2.05) is 24.7 Å². The summed E-state index contributed by atoms with van der Waals surface area (Å²) in [6.07, 6.45) is 6.68. The average Bonchev–Trinajstić information content (AvgIpc) is 2.65. The van der Waals surface area contributed by atoms with Gasteiger partial charge in [-0.15, -0.1) is 0 Å². The van der Waals surface area contributed by atoms with Gasteiger partial charge < -0.3 is 0 Å². The van der Waals surface area contributed by atoms with Gasteiger partial charge in [0.2, 0.25) is 0 Å². The largest absolute Gasteiger partial charge is 0.237 e. The summed E-state index contributed by atoms with van der Waals surface area (Å²) in [5, 5.41) is 4.19. The monoisotopic (exact) mass is 299 g/mol. The highest BCUT2D eigenvalue weighted by molar-refractivity contribution is 14.1. The van der Waals surface area contributed by atoms with Gasteiger partial charge in [0.15, 0.2) is 5.82 Å². The van der Waals surface area contributed by atoms with Crippen LogP contribution in [0.15, 0.2) is 30.7 Å². The molecular formula is C10H10IN3. The maximum absolute atomic E-state index is 4.33. The van der Waals surface area contributed by atoms with Crippen molar-refractivity contribution in [2.24, 2.45) is 0 Å². The molecular weight excluding hydrogens is 289 g/mol. The molecule has 0 saturated carbocycles. The molecule has 2 rings (SSSR count). The quantitative estimate of drug-likeness (QED) is 0.797. The summed E-state index contributed by atoms with van der Waals surface area (Å²) in [5.41, 5.74) is 1.25. The SMILES string of the molecule is CCc1ccc(-n2cc(I)cn2)nc1. The van der Waals surface area contributed by atoms with E-state index < -0.39 is 0 Å². The van der Waals surface area contributed by atoms with Crippen LogP contribution in [0.5, 0.6) is 0 Å². The molecule has 0 spiro atoms. The molecule has 0 aromatic carbocycles. The molecule has 0 aliphatic rings. The second-order valence-electron chi connectivity index (χ2n) is 2.98. The van der Waals surface area contributed by atoms with E-state index in [0.29, 0.717) is 0 Å². The lowest BCUT2D eigenvalue weighted by Crippen LogP contribution is -1.97. The molecule has 2 heterocycles. The third kappa shape index (κ3) is 1.95. The van der Waals surface area contributed by atoms with Gasteiger partial charge in [-0.25, -0.2) is 9.67 Å². The highest BCUT2D eigenvalue weighted by Crippen LogP contribution is 2.08. The summed E-state index contributed by atoms with van der Waals surface area (Å²) < 4.78 is 2.89. The Balaban J connectivity index is 2.33. The van der Waals surface area contributed by atoms with Gasteiger partial charge in [0.1, 0.15) is 0 Å². The van der Waals surface area contributed by atoms with Crippen LogP contribution < -0.4 is 0 Å². The summed E-state index contributed by atoms with van der Waals surface area (Å²) in [6, 6.07) is 4.07. The smallest absolute Gasteiger partial charge is 0.153 e. The molecule has 0 atom stereocenters. The minimum Gasteiger partial charge on any atom is -0.237 e. The summed E-state index contributed by atoms with van der Waals surface area (Å²) in [5.74, 6) is 0.866. The number of rotatable bonds is 2. The van der Waals surface area contributed by atoms with E-state index in [1.54, 1.807) is 4.68 Å². The van der Waals surface area contributed by atoms with E-state index >= 15 is 0 Å². The van der Waals surface area contributed by atoms with Crippen LogP contribution in [0, 0.1) is 3.57 Å². The van der Waals surface area contributed by atoms with Gasteiger partial charge in [0.25, 0.3) is 0 Å². The zero-order valence-electron chi connectivity index (χ0n) is 7.81. The van der Waals surface area contributed by atoms with Crippen molar-refractivity contribution in [3.05, 3.63) is 39.9 Å². The first-order chi connectivity index (χ1) is 6.79. The number of aryl methyl sites for hydroxylation is 1. The number of hydrogen-bond acceptors (Lipinski definition) is 2. The minimum atomic E-state index is 0.866. The Kier molecular flexibility index (Phi) is 2.81. The van der Waals surface area contributed by atoms with Gasteiger partial charge in [-0.05, 0) is 40.6 Å². The zero-order valence-corrected chi connectivity index (χ0v) is 9.97. The molecule has 0 aliphatic heterocycles. The van der Waals surface area contributed by atoms with E-state index in [4.69, 9.17) is 0 Å². The molecule has 0 amide bonds. The molecule has 3 nitrogen and oxygen atoms in total. The molecule has 4 heteroatoms. The number of pyridine rings is 1. The van der Waals surface area contributed by atoms with E-state index in [2.05, 4.69) is 45.7 Å². The van der Waals surface area contributed by atoms with E-state index in [1.165, 1.54) is 5.56 Å². The van der Waals surface area contributed by atoms with Gasteiger partial charge in [-0.2, -0.15) is 5.10 Å². The summed E-state index contributed by atoms with van der Waals surface area (Å²) in [6.45, 7) is 2.12. The first-order valence-electron chi connectivity index (χ1n) is 4.45. The third-order valence-corrected chi connectivity index (χ3v) is 2.56. The Morgan fingerprint density at radius 2 is 2.21 bits per heavy atom. The molecule has 0 fully saturated rings. The standard InChI is InChI=1S/C10H10IN3/c1-2-8-3-4-10(12-5-8)14-7-9(11)6-13-14/h3-7H,2H2,1H3. The van der Waals surface area contributed by atoms with Crippen LogP contribution in [0.2, 0.25) is 0 Å². The lowest BCUT2D eigenvalue weighted by atomic mass is 10.2. The molecule has 0 N–H and O–H groups in total. The molecule has 2 aromatic rings. The van der Waals surface area contributed by atoms with Crippen LogP contribution in [0.1, 0.15) is 12.5 Å². The fraction of sp³-hybridized carbons (Fsp3) is 0.200. The van der Waals surface area contributed by atoms with Gasteiger partial charge in [-0.1, -0.05) is 13.0 Å². The maximum atomic E-state index is 4.33. The van der Waals surface area contributed by atoms with Crippen molar-refractivity contribution in [3.63, 3.8) is 0 Å². The first kappa shape index (κ1) is 9.64. The minimum absolute atomic E-state index is 0.866. The molecule has 0 radical (unpaired) electrons. The molecule has 0 bridgehead atoms. The summed E-state index contributed by atoms with van der Waals surface area (Å²) in [7, 11) is 0. The number of halogens is 1. The fourth-order valence-corrected chi connectivity index (χ4v) is 1.58. The maximum Gasteiger partial charge on any atom is 0.153 e. The van der Waals surface area contributed by atoms with Crippen molar-refractivity contribution in [1.82, 2.24) is 14.8 Å². The topological polar surface area (TPSA) is 30.7 Å². The van der Waals surface area contributed by atoms with Gasteiger partial charge in [0.05, 0.1) is 9.77 Å². The van der Waals surface area contributed by atoms with E-state index in [9.17, 15) is 0 Å². The average molecular weight is 299 g/mol. The van der Waals surface area contributed by atoms with Gasteiger partial charge in [0, 0.05) is 12.4 Å². The Morgan fingerprint density at radius 3 is 2.71 bits per heavy atom. The molecule has 14 heavy (non-hydrogen) atoms. The van der Waals surface area contributed by atoms with E-state index in [-0.39, 0.29) is 0 Å². The fourth-order valence-electron chi connectivity index (χ4n) is 1.19. The number of aromatic nitrogens is 3. The van der Waals surface area contributed by atoms with Crippen LogP contribution in [0.3, 0.4) is 0 Å².